The summed E-state index contributed by atoms with van der Waals surface area (Å²) in [6.45, 7) is 2.79. The molecule has 5 nitrogen and oxygen atoms in total. The fourth-order valence-electron chi connectivity index (χ4n) is 4.79. The minimum absolute atomic E-state index is 0.109. The van der Waals surface area contributed by atoms with E-state index in [1.807, 2.05) is 121 Å². The van der Waals surface area contributed by atoms with Crippen molar-refractivity contribution in [2.45, 2.75) is 32.5 Å². The van der Waals surface area contributed by atoms with Crippen molar-refractivity contribution >= 4 is 32.7 Å². The number of amides is 1. The van der Waals surface area contributed by atoms with Gasteiger partial charge in [-0.25, -0.2) is 4.98 Å². The van der Waals surface area contributed by atoms with Crippen molar-refractivity contribution in [3.8, 4) is 0 Å². The number of hydrogen-bond acceptors (Lipinski definition) is 3. The first-order valence-electron chi connectivity index (χ1n) is 12.7. The first-order valence-corrected chi connectivity index (χ1v) is 13.5. The van der Waals surface area contributed by atoms with Crippen molar-refractivity contribution in [2.24, 2.45) is 0 Å². The Balaban J connectivity index is 1.68. The Morgan fingerprint density at radius 3 is 2.21 bits per heavy atom. The van der Waals surface area contributed by atoms with Crippen molar-refractivity contribution in [1.82, 2.24) is 14.5 Å². The molecule has 0 N–H and O–H groups in total. The van der Waals surface area contributed by atoms with Crippen LogP contribution < -0.4 is 5.56 Å². The highest BCUT2D eigenvalue weighted by molar-refractivity contribution is 9.10. The Hall–Kier alpha value is -4.03. The monoisotopic (exact) mass is 565 g/mol. The number of nitrogens with zero attached hydrogens (tertiary/aromatic N) is 3. The van der Waals surface area contributed by atoms with Gasteiger partial charge in [0.05, 0.1) is 23.5 Å². The molecule has 0 radical (unpaired) electrons. The third kappa shape index (κ3) is 5.46. The minimum Gasteiger partial charge on any atom is -0.324 e. The summed E-state index contributed by atoms with van der Waals surface area (Å²) in [5, 5.41) is 0.565. The maximum atomic E-state index is 14.1. The summed E-state index contributed by atoms with van der Waals surface area (Å²) in [5.74, 6) is 0.468. The van der Waals surface area contributed by atoms with Crippen LogP contribution in [0.4, 0.5) is 0 Å². The van der Waals surface area contributed by atoms with Gasteiger partial charge < -0.3 is 4.90 Å². The molecule has 0 aliphatic rings. The normalized spacial score (nSPS) is 11.8. The summed E-state index contributed by atoms with van der Waals surface area (Å²) in [7, 11) is 0. The number of fused-ring (bicyclic) bond motifs is 1. The fourth-order valence-corrected chi connectivity index (χ4v) is 5.19. The molecule has 0 fully saturated rings. The lowest BCUT2D eigenvalue weighted by atomic mass is 10.1. The molecule has 1 unspecified atom stereocenters. The van der Waals surface area contributed by atoms with Crippen LogP contribution >= 0.6 is 15.9 Å². The quantitative estimate of drug-likeness (QED) is 0.203. The van der Waals surface area contributed by atoms with Gasteiger partial charge in [0.1, 0.15) is 5.82 Å². The highest BCUT2D eigenvalue weighted by atomic mass is 79.9. The van der Waals surface area contributed by atoms with E-state index < -0.39 is 6.04 Å². The third-order valence-corrected chi connectivity index (χ3v) is 7.16. The third-order valence-electron chi connectivity index (χ3n) is 6.66. The maximum Gasteiger partial charge on any atom is 0.261 e. The van der Waals surface area contributed by atoms with Gasteiger partial charge in [0.2, 0.25) is 0 Å². The second-order valence-corrected chi connectivity index (χ2v) is 10.1. The van der Waals surface area contributed by atoms with Gasteiger partial charge in [-0.05, 0) is 47.9 Å². The van der Waals surface area contributed by atoms with Crippen LogP contribution in [0.3, 0.4) is 0 Å². The summed E-state index contributed by atoms with van der Waals surface area (Å²) >= 11 is 3.50. The van der Waals surface area contributed by atoms with Crippen LogP contribution in [0.15, 0.2) is 118 Å². The molecule has 4 aromatic carbocycles. The van der Waals surface area contributed by atoms with Crippen LogP contribution in [0, 0.1) is 0 Å². The second kappa shape index (κ2) is 11.6. The van der Waals surface area contributed by atoms with Crippen molar-refractivity contribution in [2.75, 3.05) is 0 Å². The molecule has 6 heteroatoms. The molecule has 190 valence electrons. The van der Waals surface area contributed by atoms with E-state index in [0.29, 0.717) is 41.8 Å². The van der Waals surface area contributed by atoms with Gasteiger partial charge in [0.15, 0.2) is 0 Å². The van der Waals surface area contributed by atoms with E-state index in [9.17, 15) is 9.59 Å². The Morgan fingerprint density at radius 1 is 0.868 bits per heavy atom. The van der Waals surface area contributed by atoms with E-state index in [4.69, 9.17) is 4.98 Å². The average molecular weight is 566 g/mol. The first kappa shape index (κ1) is 25.6. The number of carbonyl (C=O) groups excluding carboxylic acids is 1. The predicted molar refractivity (Wildman–Crippen MR) is 155 cm³/mol. The molecular formula is C32H28BrN3O2. The summed E-state index contributed by atoms with van der Waals surface area (Å²) in [6, 6.07) is 34.2. The number of rotatable bonds is 8. The highest BCUT2D eigenvalue weighted by Gasteiger charge is 2.29. The fraction of sp³-hybridized carbons (Fsp3) is 0.156. The summed E-state index contributed by atoms with van der Waals surface area (Å²) in [4.78, 5) is 34.8. The second-order valence-electron chi connectivity index (χ2n) is 9.22. The van der Waals surface area contributed by atoms with Crippen molar-refractivity contribution in [3.05, 3.63) is 147 Å². The van der Waals surface area contributed by atoms with Gasteiger partial charge in [-0.15, -0.1) is 0 Å². The van der Waals surface area contributed by atoms with Crippen LogP contribution in [0.5, 0.6) is 0 Å². The lowest BCUT2D eigenvalue weighted by Gasteiger charge is -2.33. The molecular weight excluding hydrogens is 538 g/mol. The van der Waals surface area contributed by atoms with E-state index in [1.165, 1.54) is 0 Å². The Kier molecular flexibility index (Phi) is 7.80. The van der Waals surface area contributed by atoms with Gasteiger partial charge in [0.25, 0.3) is 11.5 Å². The lowest BCUT2D eigenvalue weighted by molar-refractivity contribution is 0.0638. The molecule has 0 aliphatic heterocycles. The Bertz CT molecular complexity index is 1620. The van der Waals surface area contributed by atoms with E-state index in [2.05, 4.69) is 15.9 Å². The number of carbonyl (C=O) groups is 1. The van der Waals surface area contributed by atoms with Crippen LogP contribution in [0.2, 0.25) is 0 Å². The maximum absolute atomic E-state index is 14.1. The molecule has 5 rings (SSSR count). The number of hydrogen-bond donors (Lipinski definition) is 0. The highest BCUT2D eigenvalue weighted by Crippen LogP contribution is 2.29. The van der Waals surface area contributed by atoms with Crippen LogP contribution in [0.25, 0.3) is 10.9 Å². The van der Waals surface area contributed by atoms with Crippen molar-refractivity contribution in [1.29, 1.82) is 0 Å². The van der Waals surface area contributed by atoms with Gasteiger partial charge in [-0.3, -0.25) is 14.2 Å². The van der Waals surface area contributed by atoms with Gasteiger partial charge >= 0.3 is 0 Å². The number of benzene rings is 4. The topological polar surface area (TPSA) is 55.2 Å². The van der Waals surface area contributed by atoms with E-state index in [0.717, 1.165) is 15.6 Å². The molecule has 1 aromatic heterocycles. The molecule has 0 spiro atoms. The largest absolute Gasteiger partial charge is 0.324 e. The Labute approximate surface area is 230 Å². The lowest BCUT2D eigenvalue weighted by Crippen LogP contribution is -2.38. The molecule has 1 atom stereocenters. The molecule has 0 bridgehead atoms. The molecule has 1 amide bonds. The minimum atomic E-state index is -0.428. The van der Waals surface area contributed by atoms with E-state index >= 15 is 0 Å². The zero-order valence-electron chi connectivity index (χ0n) is 21.1. The van der Waals surface area contributed by atoms with Crippen LogP contribution in [0.1, 0.15) is 46.7 Å². The van der Waals surface area contributed by atoms with E-state index in [-0.39, 0.29) is 11.5 Å². The number of aromatic nitrogens is 2. The van der Waals surface area contributed by atoms with Gasteiger partial charge in [-0.2, -0.15) is 0 Å². The van der Waals surface area contributed by atoms with E-state index in [1.54, 1.807) is 4.57 Å². The zero-order chi connectivity index (χ0) is 26.5. The van der Waals surface area contributed by atoms with Crippen LogP contribution in [-0.2, 0) is 13.1 Å². The molecule has 1 heterocycles. The molecule has 5 aromatic rings. The number of para-hydroxylation sites is 1. The SMILES string of the molecule is CCC(c1nc2ccccc2c(=O)n1Cc1ccccc1)N(Cc1ccccc1)C(=O)c1cccc(Br)c1. The number of halogens is 1. The van der Waals surface area contributed by atoms with Crippen molar-refractivity contribution < 1.29 is 4.79 Å². The zero-order valence-corrected chi connectivity index (χ0v) is 22.7. The molecule has 0 saturated carbocycles. The Morgan fingerprint density at radius 2 is 1.53 bits per heavy atom. The molecule has 0 saturated heterocycles. The average Bonchev–Trinajstić information content (AvgIpc) is 2.95. The summed E-state index contributed by atoms with van der Waals surface area (Å²) < 4.78 is 2.57. The van der Waals surface area contributed by atoms with Gasteiger partial charge in [0, 0.05) is 16.6 Å². The standard InChI is InChI=1S/C32H28BrN3O2/c1-2-29(35(21-23-12-5-3-6-13-23)31(37)25-16-11-17-26(33)20-25)30-34-28-19-10-9-18-27(28)32(38)36(30)22-24-14-7-4-8-15-24/h3-20,29H,2,21-22H2,1H3. The predicted octanol–water partition coefficient (Wildman–Crippen LogP) is 7.00. The smallest absolute Gasteiger partial charge is 0.261 e. The van der Waals surface area contributed by atoms with Crippen molar-refractivity contribution in [3.63, 3.8) is 0 Å². The van der Waals surface area contributed by atoms with Gasteiger partial charge in [-0.1, -0.05) is 102 Å². The molecule has 38 heavy (non-hydrogen) atoms. The summed E-state index contributed by atoms with van der Waals surface area (Å²) in [6.07, 6.45) is 0.589. The first-order chi connectivity index (χ1) is 18.5. The van der Waals surface area contributed by atoms with Crippen LogP contribution in [-0.4, -0.2) is 20.4 Å². The summed E-state index contributed by atoms with van der Waals surface area (Å²) in [5.41, 5.74) is 3.10. The molecule has 0 aliphatic carbocycles.